The van der Waals surface area contributed by atoms with Crippen LogP contribution in [0.3, 0.4) is 0 Å². The van der Waals surface area contributed by atoms with Crippen molar-refractivity contribution in [3.05, 3.63) is 65.5 Å². The lowest BCUT2D eigenvalue weighted by molar-refractivity contribution is -0.138. The van der Waals surface area contributed by atoms with Crippen LogP contribution in [0.25, 0.3) is 0 Å². The van der Waals surface area contributed by atoms with Crippen molar-refractivity contribution in [3.8, 4) is 0 Å². The molecule has 19 heavy (non-hydrogen) atoms. The molecule has 0 aliphatic carbocycles. The van der Waals surface area contributed by atoms with E-state index in [-0.39, 0.29) is 12.1 Å². The van der Waals surface area contributed by atoms with E-state index in [4.69, 9.17) is 0 Å². The molecule has 0 radical (unpaired) electrons. The van der Waals surface area contributed by atoms with Crippen LogP contribution in [-0.2, 0) is 12.7 Å². The summed E-state index contributed by atoms with van der Waals surface area (Å²) in [4.78, 5) is 0. The highest BCUT2D eigenvalue weighted by Gasteiger charge is 2.33. The molecule has 0 saturated heterocycles. The number of anilines is 1. The second-order valence-electron chi connectivity index (χ2n) is 4.02. The van der Waals surface area contributed by atoms with E-state index < -0.39 is 17.6 Å². The Kier molecular flexibility index (Phi) is 3.74. The highest BCUT2D eigenvalue weighted by atomic mass is 19.4. The van der Waals surface area contributed by atoms with Crippen molar-refractivity contribution in [1.82, 2.24) is 0 Å². The fraction of sp³-hybridized carbons (Fsp3) is 0.143. The van der Waals surface area contributed by atoms with Crippen LogP contribution in [0.2, 0.25) is 0 Å². The van der Waals surface area contributed by atoms with Gasteiger partial charge < -0.3 is 5.32 Å². The Morgan fingerprint density at radius 1 is 0.947 bits per heavy atom. The van der Waals surface area contributed by atoms with E-state index in [1.54, 1.807) is 24.3 Å². The number of hydrogen-bond acceptors (Lipinski definition) is 1. The molecule has 0 aromatic heterocycles. The zero-order valence-electron chi connectivity index (χ0n) is 9.84. The molecule has 0 aliphatic heterocycles. The van der Waals surface area contributed by atoms with E-state index in [1.807, 2.05) is 6.07 Å². The largest absolute Gasteiger partial charge is 0.416 e. The van der Waals surface area contributed by atoms with Crippen molar-refractivity contribution >= 4 is 5.69 Å². The van der Waals surface area contributed by atoms with E-state index in [0.29, 0.717) is 11.8 Å². The van der Waals surface area contributed by atoms with Gasteiger partial charge in [0.1, 0.15) is 5.82 Å². The van der Waals surface area contributed by atoms with Crippen molar-refractivity contribution in [2.45, 2.75) is 12.7 Å². The molecule has 1 N–H and O–H groups in total. The van der Waals surface area contributed by atoms with Crippen LogP contribution in [-0.4, -0.2) is 0 Å². The Morgan fingerprint density at radius 3 is 2.26 bits per heavy atom. The summed E-state index contributed by atoms with van der Waals surface area (Å²) in [5.74, 6) is -0.893. The molecule has 0 amide bonds. The van der Waals surface area contributed by atoms with E-state index in [9.17, 15) is 17.6 Å². The first kappa shape index (κ1) is 13.4. The Hall–Kier alpha value is -2.04. The molecule has 100 valence electrons. The summed E-state index contributed by atoms with van der Waals surface area (Å²) in [5.41, 5.74) is -0.228. The molecular weight excluding hydrogens is 258 g/mol. The van der Waals surface area contributed by atoms with Crippen LogP contribution in [0.4, 0.5) is 23.2 Å². The first-order valence-electron chi connectivity index (χ1n) is 5.61. The molecule has 1 nitrogen and oxygen atoms in total. The minimum atomic E-state index is -4.56. The van der Waals surface area contributed by atoms with E-state index in [2.05, 4.69) is 5.32 Å². The fourth-order valence-corrected chi connectivity index (χ4v) is 1.72. The predicted molar refractivity (Wildman–Crippen MR) is 65.2 cm³/mol. The summed E-state index contributed by atoms with van der Waals surface area (Å²) in [6, 6.07) is 11.5. The van der Waals surface area contributed by atoms with Gasteiger partial charge >= 0.3 is 6.18 Å². The van der Waals surface area contributed by atoms with Crippen molar-refractivity contribution in [2.75, 3.05) is 5.32 Å². The van der Waals surface area contributed by atoms with Gasteiger partial charge in [-0.15, -0.1) is 0 Å². The zero-order chi connectivity index (χ0) is 13.9. The Balaban J connectivity index is 2.21. The van der Waals surface area contributed by atoms with E-state index in [1.165, 1.54) is 0 Å². The SMILES string of the molecule is Fc1ccc(CNc2ccccc2)c(C(F)(F)F)c1. The standard InChI is InChI=1S/C14H11F4N/c15-11-7-6-10(13(8-11)14(16,17)18)9-19-12-4-2-1-3-5-12/h1-8,19H,9H2. The Labute approximate surface area is 107 Å². The summed E-state index contributed by atoms with van der Waals surface area (Å²) in [7, 11) is 0. The number of para-hydroxylation sites is 1. The molecule has 2 rings (SSSR count). The van der Waals surface area contributed by atoms with Crippen LogP contribution < -0.4 is 5.32 Å². The smallest absolute Gasteiger partial charge is 0.381 e. The third kappa shape index (κ3) is 3.47. The Bertz CT molecular complexity index is 549. The normalized spacial score (nSPS) is 11.4. The van der Waals surface area contributed by atoms with Crippen LogP contribution in [0.1, 0.15) is 11.1 Å². The summed E-state index contributed by atoms with van der Waals surface area (Å²) in [5, 5.41) is 2.87. The predicted octanol–water partition coefficient (Wildman–Crippen LogP) is 4.46. The van der Waals surface area contributed by atoms with E-state index >= 15 is 0 Å². The van der Waals surface area contributed by atoms with Crippen molar-refractivity contribution < 1.29 is 17.6 Å². The maximum atomic E-state index is 12.9. The topological polar surface area (TPSA) is 12.0 Å². The first-order valence-corrected chi connectivity index (χ1v) is 5.61. The molecule has 0 bridgehead atoms. The van der Waals surface area contributed by atoms with Gasteiger partial charge in [0, 0.05) is 12.2 Å². The molecule has 5 heteroatoms. The molecule has 0 fully saturated rings. The summed E-state index contributed by atoms with van der Waals surface area (Å²) in [6.45, 7) is -0.0147. The number of halogens is 4. The van der Waals surface area contributed by atoms with Gasteiger partial charge in [0.2, 0.25) is 0 Å². The van der Waals surface area contributed by atoms with E-state index in [0.717, 1.165) is 12.1 Å². The van der Waals surface area contributed by atoms with Crippen LogP contribution in [0, 0.1) is 5.82 Å². The summed E-state index contributed by atoms with van der Waals surface area (Å²) < 4.78 is 51.2. The number of benzene rings is 2. The minimum absolute atomic E-state index is 0.0118. The second kappa shape index (κ2) is 5.30. The van der Waals surface area contributed by atoms with Gasteiger partial charge in [-0.05, 0) is 29.8 Å². The highest BCUT2D eigenvalue weighted by Crippen LogP contribution is 2.32. The third-order valence-corrected chi connectivity index (χ3v) is 2.63. The third-order valence-electron chi connectivity index (χ3n) is 2.63. The zero-order valence-corrected chi connectivity index (χ0v) is 9.84. The molecule has 0 heterocycles. The quantitative estimate of drug-likeness (QED) is 0.811. The van der Waals surface area contributed by atoms with Crippen LogP contribution >= 0.6 is 0 Å². The maximum Gasteiger partial charge on any atom is 0.416 e. The number of rotatable bonds is 3. The number of hydrogen-bond donors (Lipinski definition) is 1. The van der Waals surface area contributed by atoms with Crippen LogP contribution in [0.5, 0.6) is 0 Å². The van der Waals surface area contributed by atoms with Crippen LogP contribution in [0.15, 0.2) is 48.5 Å². The molecule has 0 unspecified atom stereocenters. The average molecular weight is 269 g/mol. The van der Waals surface area contributed by atoms with Crippen molar-refractivity contribution in [1.29, 1.82) is 0 Å². The van der Waals surface area contributed by atoms with Crippen molar-refractivity contribution in [3.63, 3.8) is 0 Å². The maximum absolute atomic E-state index is 12.9. The number of nitrogens with one attached hydrogen (secondary N) is 1. The lowest BCUT2D eigenvalue weighted by Gasteiger charge is -2.14. The lowest BCUT2D eigenvalue weighted by Crippen LogP contribution is -2.12. The monoisotopic (exact) mass is 269 g/mol. The first-order chi connectivity index (χ1) is 8.97. The number of alkyl halides is 3. The summed E-state index contributed by atoms with van der Waals surface area (Å²) in [6.07, 6.45) is -4.56. The minimum Gasteiger partial charge on any atom is -0.381 e. The molecule has 0 atom stereocenters. The molecular formula is C14H11F4N. The molecule has 2 aromatic rings. The van der Waals surface area contributed by atoms with Crippen molar-refractivity contribution in [2.24, 2.45) is 0 Å². The molecule has 2 aromatic carbocycles. The molecule has 0 spiro atoms. The second-order valence-corrected chi connectivity index (χ2v) is 4.02. The highest BCUT2D eigenvalue weighted by molar-refractivity contribution is 5.44. The summed E-state index contributed by atoms with van der Waals surface area (Å²) >= 11 is 0. The lowest BCUT2D eigenvalue weighted by atomic mass is 10.1. The Morgan fingerprint density at radius 2 is 1.63 bits per heavy atom. The van der Waals surface area contributed by atoms with Gasteiger partial charge in [-0.3, -0.25) is 0 Å². The van der Waals surface area contributed by atoms with Gasteiger partial charge in [-0.1, -0.05) is 24.3 Å². The van der Waals surface area contributed by atoms with Gasteiger partial charge in [-0.25, -0.2) is 4.39 Å². The average Bonchev–Trinajstić information content (AvgIpc) is 2.37. The van der Waals surface area contributed by atoms with Gasteiger partial charge in [0.05, 0.1) is 5.56 Å². The van der Waals surface area contributed by atoms with Gasteiger partial charge in [0.25, 0.3) is 0 Å². The molecule has 0 aliphatic rings. The molecule has 0 saturated carbocycles. The fourth-order valence-electron chi connectivity index (χ4n) is 1.72. The van der Waals surface area contributed by atoms with Gasteiger partial charge in [-0.2, -0.15) is 13.2 Å². The van der Waals surface area contributed by atoms with Gasteiger partial charge in [0.15, 0.2) is 0 Å².